The van der Waals surface area contributed by atoms with E-state index in [4.69, 9.17) is 4.74 Å². The van der Waals surface area contributed by atoms with Gasteiger partial charge in [-0.2, -0.15) is 0 Å². The number of hydrogen-bond donors (Lipinski definition) is 0. The van der Waals surface area contributed by atoms with Crippen LogP contribution >= 0.6 is 23.7 Å². The smallest absolute Gasteiger partial charge is 0.415 e. The Labute approximate surface area is 151 Å². The molecule has 1 aromatic carbocycles. The van der Waals surface area contributed by atoms with E-state index in [1.54, 1.807) is 11.3 Å². The number of carbonyl (C=O) groups excluding carboxylic acids is 1. The van der Waals surface area contributed by atoms with Crippen LogP contribution in [0.4, 0.5) is 10.5 Å². The Bertz CT molecular complexity index is 799. The zero-order valence-corrected chi connectivity index (χ0v) is 15.3. The number of nitrogens with zero attached hydrogens (tertiary/aromatic N) is 2. The summed E-state index contributed by atoms with van der Waals surface area (Å²) in [5.41, 5.74) is 1.96. The lowest BCUT2D eigenvalue weighted by atomic mass is 9.75. The number of carbonyl (C=O) groups is 1. The number of rotatable bonds is 1. The predicted octanol–water partition coefficient (Wildman–Crippen LogP) is 4.05. The van der Waals surface area contributed by atoms with Crippen LogP contribution < -0.4 is 4.90 Å². The number of ether oxygens (including phenoxy) is 1. The fourth-order valence-corrected chi connectivity index (χ4v) is 5.45. The van der Waals surface area contributed by atoms with Crippen molar-refractivity contribution < 1.29 is 9.53 Å². The Kier molecular flexibility index (Phi) is 3.79. The number of halogens is 1. The molecular weight excluding hydrogens is 344 g/mol. The molecule has 1 spiro atoms. The number of thiophene rings is 1. The van der Waals surface area contributed by atoms with Crippen LogP contribution in [0.3, 0.4) is 0 Å². The molecule has 4 aliphatic rings. The van der Waals surface area contributed by atoms with Gasteiger partial charge in [-0.1, -0.05) is 0 Å². The van der Waals surface area contributed by atoms with E-state index in [1.807, 2.05) is 4.90 Å². The number of aryl methyl sites for hydroxylation is 1. The highest BCUT2D eigenvalue weighted by Crippen LogP contribution is 2.43. The van der Waals surface area contributed by atoms with Gasteiger partial charge in [-0.15, -0.1) is 23.7 Å². The third kappa shape index (κ3) is 2.25. The van der Waals surface area contributed by atoms with Gasteiger partial charge >= 0.3 is 6.09 Å². The fraction of sp³-hybridized carbons (Fsp3) is 0.500. The topological polar surface area (TPSA) is 32.8 Å². The first kappa shape index (κ1) is 16.2. The van der Waals surface area contributed by atoms with Gasteiger partial charge in [-0.05, 0) is 67.4 Å². The molecule has 2 bridgehead atoms. The Hall–Kier alpha value is -1.30. The zero-order chi connectivity index (χ0) is 15.6. The average molecular weight is 365 g/mol. The highest BCUT2D eigenvalue weighted by atomic mass is 35.5. The van der Waals surface area contributed by atoms with E-state index in [0.717, 1.165) is 38.2 Å². The summed E-state index contributed by atoms with van der Waals surface area (Å²) in [6, 6.07) is 6.32. The Balaban J connectivity index is 0.00000146. The monoisotopic (exact) mass is 364 g/mol. The molecule has 6 heteroatoms. The molecule has 1 atom stereocenters. The van der Waals surface area contributed by atoms with Crippen LogP contribution in [-0.2, 0) is 4.74 Å². The quantitative estimate of drug-likeness (QED) is 0.765. The van der Waals surface area contributed by atoms with Crippen molar-refractivity contribution in [3.8, 4) is 0 Å². The summed E-state index contributed by atoms with van der Waals surface area (Å²) in [4.78, 5) is 16.9. The highest BCUT2D eigenvalue weighted by molar-refractivity contribution is 7.17. The van der Waals surface area contributed by atoms with Gasteiger partial charge < -0.3 is 4.74 Å². The molecule has 4 saturated heterocycles. The van der Waals surface area contributed by atoms with Crippen LogP contribution in [-0.4, -0.2) is 42.8 Å². The van der Waals surface area contributed by atoms with Gasteiger partial charge in [0.05, 0.1) is 6.54 Å². The van der Waals surface area contributed by atoms with E-state index in [-0.39, 0.29) is 24.1 Å². The molecule has 6 rings (SSSR count). The van der Waals surface area contributed by atoms with Crippen LogP contribution in [0.2, 0.25) is 0 Å². The van der Waals surface area contributed by atoms with Crippen molar-refractivity contribution in [3.63, 3.8) is 0 Å². The van der Waals surface area contributed by atoms with E-state index in [1.165, 1.54) is 15.6 Å². The largest absolute Gasteiger partial charge is 0.439 e. The lowest BCUT2D eigenvalue weighted by molar-refractivity contribution is -0.0881. The van der Waals surface area contributed by atoms with Crippen LogP contribution in [0.1, 0.15) is 18.4 Å². The number of fused-ring (bicyclic) bond motifs is 3. The summed E-state index contributed by atoms with van der Waals surface area (Å²) in [5, 5.41) is 3.42. The summed E-state index contributed by atoms with van der Waals surface area (Å²) in [6.45, 7) is 6.04. The normalized spacial score (nSPS) is 31.5. The highest BCUT2D eigenvalue weighted by Gasteiger charge is 2.55. The second-order valence-corrected chi connectivity index (χ2v) is 8.08. The molecule has 1 unspecified atom stereocenters. The van der Waals surface area contributed by atoms with Gasteiger partial charge in [0.15, 0.2) is 0 Å². The number of piperidine rings is 3. The van der Waals surface area contributed by atoms with E-state index >= 15 is 0 Å². The van der Waals surface area contributed by atoms with Gasteiger partial charge in [0.2, 0.25) is 0 Å². The van der Waals surface area contributed by atoms with Crippen molar-refractivity contribution >= 4 is 45.6 Å². The van der Waals surface area contributed by atoms with E-state index < -0.39 is 0 Å². The first-order valence-electron chi connectivity index (χ1n) is 8.35. The van der Waals surface area contributed by atoms with Gasteiger partial charge in [0, 0.05) is 22.8 Å². The molecule has 4 nitrogen and oxygen atoms in total. The zero-order valence-electron chi connectivity index (χ0n) is 13.7. The molecule has 0 radical (unpaired) electrons. The summed E-state index contributed by atoms with van der Waals surface area (Å²) in [6.07, 6.45) is 2.14. The van der Waals surface area contributed by atoms with Gasteiger partial charge in [-0.3, -0.25) is 9.80 Å². The third-order valence-electron chi connectivity index (χ3n) is 5.82. The molecule has 4 aliphatic heterocycles. The molecular formula is C18H21ClN2O2S. The predicted molar refractivity (Wildman–Crippen MR) is 99.5 cm³/mol. The molecule has 0 N–H and O–H groups in total. The standard InChI is InChI=1S/C18H20N2O2S.ClH/c1-12-9-23-16-3-2-14(8-15(12)16)20-11-18(22-17(20)21)10-19-6-4-13(18)5-7-19;/h2-3,8-9,13H,4-7,10-11H2,1H3;1H. The lowest BCUT2D eigenvalue weighted by Gasteiger charge is -2.49. The first-order chi connectivity index (χ1) is 11.1. The number of anilines is 1. The van der Waals surface area contributed by atoms with Crippen molar-refractivity contribution in [1.82, 2.24) is 4.90 Å². The number of benzene rings is 1. The summed E-state index contributed by atoms with van der Waals surface area (Å²) in [5.74, 6) is 0.521. The molecule has 1 amide bonds. The molecule has 5 heterocycles. The van der Waals surface area contributed by atoms with Crippen LogP contribution in [0.15, 0.2) is 23.6 Å². The molecule has 2 aromatic rings. The Morgan fingerprint density at radius 3 is 2.75 bits per heavy atom. The van der Waals surface area contributed by atoms with Gasteiger partial charge in [0.25, 0.3) is 0 Å². The maximum atomic E-state index is 12.6. The Morgan fingerprint density at radius 1 is 1.25 bits per heavy atom. The van der Waals surface area contributed by atoms with Crippen molar-refractivity contribution in [2.75, 3.05) is 31.1 Å². The molecule has 4 fully saturated rings. The van der Waals surface area contributed by atoms with Gasteiger partial charge in [0.1, 0.15) is 5.60 Å². The van der Waals surface area contributed by atoms with Crippen LogP contribution in [0.25, 0.3) is 10.1 Å². The van der Waals surface area contributed by atoms with E-state index in [9.17, 15) is 4.79 Å². The molecule has 0 aliphatic carbocycles. The second-order valence-electron chi connectivity index (χ2n) is 7.17. The molecule has 128 valence electrons. The van der Waals surface area contributed by atoms with Crippen molar-refractivity contribution in [2.24, 2.45) is 5.92 Å². The summed E-state index contributed by atoms with van der Waals surface area (Å²) >= 11 is 1.76. The third-order valence-corrected chi connectivity index (χ3v) is 6.90. The van der Waals surface area contributed by atoms with Crippen molar-refractivity contribution in [3.05, 3.63) is 29.1 Å². The minimum Gasteiger partial charge on any atom is -0.439 e. The lowest BCUT2D eigenvalue weighted by Crippen LogP contribution is -2.61. The van der Waals surface area contributed by atoms with Crippen molar-refractivity contribution in [2.45, 2.75) is 25.4 Å². The first-order valence-corrected chi connectivity index (χ1v) is 9.23. The number of hydrogen-bond acceptors (Lipinski definition) is 4. The summed E-state index contributed by atoms with van der Waals surface area (Å²) in [7, 11) is 0. The van der Waals surface area contributed by atoms with E-state index in [2.05, 4.69) is 35.4 Å². The fourth-order valence-electron chi connectivity index (χ4n) is 4.52. The average Bonchev–Trinajstić information content (AvgIpc) is 3.09. The number of amides is 1. The maximum absolute atomic E-state index is 12.6. The van der Waals surface area contributed by atoms with Crippen LogP contribution in [0.5, 0.6) is 0 Å². The van der Waals surface area contributed by atoms with E-state index in [0.29, 0.717) is 12.5 Å². The second kappa shape index (κ2) is 5.61. The SMILES string of the molecule is Cc1csc2ccc(N3CC4(CN5CCC4CC5)OC3=O)cc12.Cl. The maximum Gasteiger partial charge on any atom is 0.415 e. The Morgan fingerprint density at radius 2 is 2.04 bits per heavy atom. The molecule has 1 aromatic heterocycles. The van der Waals surface area contributed by atoms with Crippen molar-refractivity contribution in [1.29, 1.82) is 0 Å². The molecule has 24 heavy (non-hydrogen) atoms. The molecule has 0 saturated carbocycles. The summed E-state index contributed by atoms with van der Waals surface area (Å²) < 4.78 is 7.24. The minimum atomic E-state index is -0.285. The minimum absolute atomic E-state index is 0. The van der Waals surface area contributed by atoms with Gasteiger partial charge in [-0.25, -0.2) is 4.79 Å². The van der Waals surface area contributed by atoms with Crippen LogP contribution in [0, 0.1) is 12.8 Å².